The van der Waals surface area contributed by atoms with E-state index in [0.717, 1.165) is 6.04 Å². The quantitative estimate of drug-likeness (QED) is 0.640. The molecule has 1 rings (SSSR count). The van der Waals surface area contributed by atoms with Gasteiger partial charge in [0.1, 0.15) is 0 Å². The molecule has 0 bridgehead atoms. The van der Waals surface area contributed by atoms with Crippen LogP contribution in [0, 0.1) is 0 Å². The van der Waals surface area contributed by atoms with Gasteiger partial charge in [0, 0.05) is 12.6 Å². The molecule has 1 fully saturated rings. The third-order valence-corrected chi connectivity index (χ3v) is 3.43. The van der Waals surface area contributed by atoms with Crippen molar-refractivity contribution in [2.75, 3.05) is 33.2 Å². The molecule has 1 aliphatic rings. The minimum Gasteiger partial charge on any atom is -0.305 e. The van der Waals surface area contributed by atoms with Gasteiger partial charge in [-0.2, -0.15) is 0 Å². The monoisotopic (exact) mass is 212 g/mol. The van der Waals surface area contributed by atoms with Gasteiger partial charge in [-0.1, -0.05) is 20.3 Å². The van der Waals surface area contributed by atoms with Crippen LogP contribution in [0.4, 0.5) is 0 Å². The fraction of sp³-hybridized carbons (Fsp3) is 1.00. The summed E-state index contributed by atoms with van der Waals surface area (Å²) in [6, 6.07) is 0.840. The number of hydrogen-bond acceptors (Lipinski definition) is 2. The zero-order valence-electron chi connectivity index (χ0n) is 10.8. The summed E-state index contributed by atoms with van der Waals surface area (Å²) in [4.78, 5) is 5.20. The van der Waals surface area contributed by atoms with Gasteiger partial charge < -0.3 is 4.90 Å². The number of nitrogens with zero attached hydrogens (tertiary/aromatic N) is 2. The van der Waals surface area contributed by atoms with Crippen LogP contribution in [0.3, 0.4) is 0 Å². The highest BCUT2D eigenvalue weighted by atomic mass is 15.2. The van der Waals surface area contributed by atoms with Gasteiger partial charge in [-0.05, 0) is 52.4 Å². The second kappa shape index (κ2) is 7.24. The summed E-state index contributed by atoms with van der Waals surface area (Å²) in [6.07, 6.45) is 6.78. The van der Waals surface area contributed by atoms with Crippen molar-refractivity contribution in [1.29, 1.82) is 0 Å². The van der Waals surface area contributed by atoms with Crippen molar-refractivity contribution in [3.8, 4) is 0 Å². The summed E-state index contributed by atoms with van der Waals surface area (Å²) in [5.74, 6) is 0. The molecule has 1 atom stereocenters. The van der Waals surface area contributed by atoms with E-state index in [-0.39, 0.29) is 0 Å². The first-order valence-electron chi connectivity index (χ1n) is 6.70. The summed E-state index contributed by atoms with van der Waals surface area (Å²) in [5, 5.41) is 0. The van der Waals surface area contributed by atoms with E-state index in [1.807, 2.05) is 0 Å². The maximum Gasteiger partial charge on any atom is 0.0223 e. The standard InChI is InChI=1S/C13H28N2/c1-4-6-10-14(3)12-13-8-7-11-15(13)9-5-2/h13H,4-12H2,1-3H3/t13-/m1/s1. The molecule has 15 heavy (non-hydrogen) atoms. The Balaban J connectivity index is 2.23. The van der Waals surface area contributed by atoms with E-state index in [9.17, 15) is 0 Å². The molecule has 0 radical (unpaired) electrons. The molecule has 0 aromatic rings. The fourth-order valence-corrected chi connectivity index (χ4v) is 2.56. The SMILES string of the molecule is CCCCN(C)C[C@H]1CCCN1CCC. The molecule has 1 saturated heterocycles. The number of unbranched alkanes of at least 4 members (excludes halogenated alkanes) is 1. The Morgan fingerprint density at radius 3 is 2.73 bits per heavy atom. The number of hydrogen-bond donors (Lipinski definition) is 0. The Labute approximate surface area is 95.6 Å². The molecule has 0 N–H and O–H groups in total. The molecule has 2 nitrogen and oxygen atoms in total. The summed E-state index contributed by atoms with van der Waals surface area (Å²) in [5.41, 5.74) is 0. The van der Waals surface area contributed by atoms with Crippen LogP contribution in [-0.2, 0) is 0 Å². The summed E-state index contributed by atoms with van der Waals surface area (Å²) in [7, 11) is 2.28. The van der Waals surface area contributed by atoms with Crippen LogP contribution >= 0.6 is 0 Å². The fourth-order valence-electron chi connectivity index (χ4n) is 2.56. The molecule has 0 aromatic carbocycles. The van der Waals surface area contributed by atoms with Crippen molar-refractivity contribution < 1.29 is 0 Å². The molecule has 0 spiro atoms. The molecule has 0 saturated carbocycles. The molecular formula is C13H28N2. The van der Waals surface area contributed by atoms with Gasteiger partial charge in [0.25, 0.3) is 0 Å². The third kappa shape index (κ3) is 4.52. The van der Waals surface area contributed by atoms with E-state index in [0.29, 0.717) is 0 Å². The van der Waals surface area contributed by atoms with Crippen LogP contribution in [0.2, 0.25) is 0 Å². The van der Waals surface area contributed by atoms with Crippen LogP contribution < -0.4 is 0 Å². The Hall–Kier alpha value is -0.0800. The largest absolute Gasteiger partial charge is 0.305 e. The van der Waals surface area contributed by atoms with Crippen molar-refractivity contribution in [2.45, 2.75) is 52.0 Å². The molecule has 0 aromatic heterocycles. The molecule has 0 amide bonds. The number of likely N-dealkylation sites (N-methyl/N-ethyl adjacent to an activating group) is 1. The Morgan fingerprint density at radius 1 is 1.27 bits per heavy atom. The first kappa shape index (κ1) is 13.0. The van der Waals surface area contributed by atoms with Crippen molar-refractivity contribution in [1.82, 2.24) is 9.80 Å². The Bertz CT molecular complexity index is 159. The predicted molar refractivity (Wildman–Crippen MR) is 67.3 cm³/mol. The smallest absolute Gasteiger partial charge is 0.0223 e. The maximum absolute atomic E-state index is 2.68. The average Bonchev–Trinajstić information content (AvgIpc) is 2.63. The maximum atomic E-state index is 2.68. The van der Waals surface area contributed by atoms with E-state index in [2.05, 4.69) is 30.7 Å². The molecule has 1 aliphatic heterocycles. The number of likely N-dealkylation sites (tertiary alicyclic amines) is 1. The first-order valence-corrected chi connectivity index (χ1v) is 6.70. The predicted octanol–water partition coefficient (Wildman–Crippen LogP) is 2.59. The van der Waals surface area contributed by atoms with Crippen LogP contribution in [0.15, 0.2) is 0 Å². The van der Waals surface area contributed by atoms with Crippen molar-refractivity contribution >= 4 is 0 Å². The summed E-state index contributed by atoms with van der Waals surface area (Å²) in [6.45, 7) is 9.74. The second-order valence-corrected chi connectivity index (χ2v) is 4.95. The zero-order chi connectivity index (χ0) is 11.1. The lowest BCUT2D eigenvalue weighted by molar-refractivity contribution is 0.191. The van der Waals surface area contributed by atoms with Crippen LogP contribution in [0.25, 0.3) is 0 Å². The lowest BCUT2D eigenvalue weighted by atomic mass is 10.2. The lowest BCUT2D eigenvalue weighted by Gasteiger charge is -2.28. The summed E-state index contributed by atoms with van der Waals surface area (Å²) < 4.78 is 0. The second-order valence-electron chi connectivity index (χ2n) is 4.95. The minimum absolute atomic E-state index is 0.840. The van der Waals surface area contributed by atoms with E-state index in [4.69, 9.17) is 0 Å². The van der Waals surface area contributed by atoms with Gasteiger partial charge in [0.15, 0.2) is 0 Å². The van der Waals surface area contributed by atoms with Gasteiger partial charge >= 0.3 is 0 Å². The van der Waals surface area contributed by atoms with E-state index < -0.39 is 0 Å². The number of rotatable bonds is 7. The van der Waals surface area contributed by atoms with Gasteiger partial charge in [0.05, 0.1) is 0 Å². The molecule has 0 unspecified atom stereocenters. The van der Waals surface area contributed by atoms with Gasteiger partial charge in [0.2, 0.25) is 0 Å². The zero-order valence-corrected chi connectivity index (χ0v) is 10.8. The van der Waals surface area contributed by atoms with Crippen molar-refractivity contribution in [3.63, 3.8) is 0 Å². The van der Waals surface area contributed by atoms with Crippen LogP contribution in [0.1, 0.15) is 46.0 Å². The van der Waals surface area contributed by atoms with Crippen LogP contribution in [0.5, 0.6) is 0 Å². The first-order chi connectivity index (χ1) is 7.27. The normalized spacial score (nSPS) is 22.8. The molecule has 0 aliphatic carbocycles. The van der Waals surface area contributed by atoms with Crippen molar-refractivity contribution in [3.05, 3.63) is 0 Å². The van der Waals surface area contributed by atoms with E-state index in [1.165, 1.54) is 58.3 Å². The summed E-state index contributed by atoms with van der Waals surface area (Å²) >= 11 is 0. The topological polar surface area (TPSA) is 6.48 Å². The highest BCUT2D eigenvalue weighted by molar-refractivity contribution is 4.80. The molecule has 2 heteroatoms. The van der Waals surface area contributed by atoms with Gasteiger partial charge in [-0.25, -0.2) is 0 Å². The van der Waals surface area contributed by atoms with Crippen LogP contribution in [-0.4, -0.2) is 49.1 Å². The molecule has 90 valence electrons. The molecular weight excluding hydrogens is 184 g/mol. The van der Waals surface area contributed by atoms with Gasteiger partial charge in [-0.3, -0.25) is 4.90 Å². The average molecular weight is 212 g/mol. The minimum atomic E-state index is 0.840. The highest BCUT2D eigenvalue weighted by Gasteiger charge is 2.24. The van der Waals surface area contributed by atoms with Crippen molar-refractivity contribution in [2.24, 2.45) is 0 Å². The van der Waals surface area contributed by atoms with E-state index >= 15 is 0 Å². The highest BCUT2D eigenvalue weighted by Crippen LogP contribution is 2.18. The van der Waals surface area contributed by atoms with E-state index in [1.54, 1.807) is 0 Å². The molecule has 1 heterocycles. The third-order valence-electron chi connectivity index (χ3n) is 3.43. The lowest BCUT2D eigenvalue weighted by Crippen LogP contribution is -2.39. The van der Waals surface area contributed by atoms with Gasteiger partial charge in [-0.15, -0.1) is 0 Å². The Kier molecular flexibility index (Phi) is 6.26. The Morgan fingerprint density at radius 2 is 2.07 bits per heavy atom.